The molecule has 0 aliphatic heterocycles. The maximum Gasteiger partial charge on any atom is 0.300 e. The van der Waals surface area contributed by atoms with Crippen LogP contribution in [-0.4, -0.2) is 26.4 Å². The van der Waals surface area contributed by atoms with Crippen LogP contribution in [0.15, 0.2) is 42.6 Å². The average Bonchev–Trinajstić information content (AvgIpc) is 2.68. The van der Waals surface area contributed by atoms with Crippen LogP contribution in [0.5, 0.6) is 0 Å². The van der Waals surface area contributed by atoms with E-state index < -0.39 is 9.85 Å². The van der Waals surface area contributed by atoms with Crippen LogP contribution in [0.1, 0.15) is 5.56 Å². The highest BCUT2D eigenvalue weighted by Gasteiger charge is 2.18. The van der Waals surface area contributed by atoms with E-state index in [-0.39, 0.29) is 17.8 Å². The van der Waals surface area contributed by atoms with Crippen LogP contribution in [0, 0.1) is 26.4 Å². The first-order chi connectivity index (χ1) is 13.8. The molecule has 2 heterocycles. The maximum atomic E-state index is 11.3. The average molecular weight is 433 g/mol. The van der Waals surface area contributed by atoms with Crippen molar-refractivity contribution >= 4 is 40.4 Å². The zero-order valence-electron chi connectivity index (χ0n) is 14.6. The van der Waals surface area contributed by atoms with Crippen molar-refractivity contribution < 1.29 is 9.85 Å². The fourth-order valence-corrected chi connectivity index (χ4v) is 3.06. The summed E-state index contributed by atoms with van der Waals surface area (Å²) in [4.78, 5) is 28.8. The monoisotopic (exact) mass is 432 g/mol. The number of hydrogen-bond donors (Lipinski definition) is 1. The third-order valence-electron chi connectivity index (χ3n) is 3.95. The lowest BCUT2D eigenvalue weighted by Crippen LogP contribution is -2.08. The Balaban J connectivity index is 1.79. The number of rotatable bonds is 7. The minimum atomic E-state index is -0.556. The number of pyridine rings is 2. The Morgan fingerprint density at radius 2 is 1.86 bits per heavy atom. The molecule has 0 spiro atoms. The third kappa shape index (κ3) is 4.95. The fourth-order valence-electron chi connectivity index (χ4n) is 2.56. The molecule has 0 aliphatic rings. The molecule has 0 saturated carbocycles. The van der Waals surface area contributed by atoms with E-state index >= 15 is 0 Å². The van der Waals surface area contributed by atoms with E-state index in [1.54, 1.807) is 24.3 Å². The van der Waals surface area contributed by atoms with Crippen molar-refractivity contribution in [3.63, 3.8) is 0 Å². The Morgan fingerprint density at radius 1 is 1.07 bits per heavy atom. The standard InChI is InChI=1S/C18H12Cl2N5O4/c19-12-1-3-14(15(20)8-12)16-7-11(17(10-22-16)25(28)29)5-6-21-18-4-2-13(9-23-18)24(26)27/h1-4,7-9H,5-6H2,(H,21,23). The van der Waals surface area contributed by atoms with Crippen molar-refractivity contribution in [2.75, 3.05) is 11.9 Å². The van der Waals surface area contributed by atoms with E-state index in [9.17, 15) is 20.2 Å². The van der Waals surface area contributed by atoms with Gasteiger partial charge in [0.2, 0.25) is 0 Å². The van der Waals surface area contributed by atoms with Gasteiger partial charge in [-0.15, -0.1) is 0 Å². The Hall–Kier alpha value is -3.30. The number of halogens is 2. The molecule has 29 heavy (non-hydrogen) atoms. The molecule has 0 bridgehead atoms. The van der Waals surface area contributed by atoms with Gasteiger partial charge in [-0.25, -0.2) is 9.97 Å². The Labute approximate surface area is 174 Å². The van der Waals surface area contributed by atoms with Crippen LogP contribution in [0.3, 0.4) is 0 Å². The second-order valence-corrected chi connectivity index (χ2v) is 6.69. The third-order valence-corrected chi connectivity index (χ3v) is 4.49. The van der Waals surface area contributed by atoms with Crippen molar-refractivity contribution in [2.24, 2.45) is 0 Å². The molecule has 9 nitrogen and oxygen atoms in total. The predicted molar refractivity (Wildman–Crippen MR) is 108 cm³/mol. The van der Waals surface area contributed by atoms with Crippen molar-refractivity contribution in [1.29, 1.82) is 0 Å². The van der Waals surface area contributed by atoms with Crippen LogP contribution in [0.4, 0.5) is 17.2 Å². The van der Waals surface area contributed by atoms with E-state index in [2.05, 4.69) is 21.5 Å². The van der Waals surface area contributed by atoms with Crippen molar-refractivity contribution in [3.8, 4) is 11.3 Å². The molecule has 0 amide bonds. The number of anilines is 1. The zero-order chi connectivity index (χ0) is 21.0. The van der Waals surface area contributed by atoms with Crippen LogP contribution < -0.4 is 5.32 Å². The lowest BCUT2D eigenvalue weighted by atomic mass is 10.1. The van der Waals surface area contributed by atoms with Gasteiger partial charge in [0.15, 0.2) is 6.20 Å². The number of nitrogens with one attached hydrogen (secondary N) is 1. The lowest BCUT2D eigenvalue weighted by molar-refractivity contribution is -0.386. The summed E-state index contributed by atoms with van der Waals surface area (Å²) >= 11 is 12.1. The molecule has 0 aliphatic carbocycles. The van der Waals surface area contributed by atoms with E-state index in [0.717, 1.165) is 6.20 Å². The normalized spacial score (nSPS) is 10.6. The molecule has 2 aromatic heterocycles. The number of benzene rings is 1. The number of nitrogens with zero attached hydrogens (tertiary/aromatic N) is 4. The summed E-state index contributed by atoms with van der Waals surface area (Å²) in [6.07, 6.45) is 3.86. The van der Waals surface area contributed by atoms with Crippen molar-refractivity contribution in [3.05, 3.63) is 84.6 Å². The van der Waals surface area contributed by atoms with Gasteiger partial charge in [0.1, 0.15) is 12.0 Å². The zero-order valence-corrected chi connectivity index (χ0v) is 16.1. The van der Waals surface area contributed by atoms with Gasteiger partial charge in [0.25, 0.3) is 5.69 Å². The molecule has 0 saturated heterocycles. The molecule has 147 valence electrons. The Kier molecular flexibility index (Phi) is 6.20. The maximum absolute atomic E-state index is 11.3. The summed E-state index contributed by atoms with van der Waals surface area (Å²) in [5, 5.41) is 25.8. The second kappa shape index (κ2) is 8.80. The van der Waals surface area contributed by atoms with Gasteiger partial charge < -0.3 is 5.32 Å². The summed E-state index contributed by atoms with van der Waals surface area (Å²) in [6, 6.07) is 9.24. The van der Waals surface area contributed by atoms with Crippen LogP contribution in [-0.2, 0) is 6.42 Å². The first kappa shape index (κ1) is 20.4. The number of aromatic nitrogens is 2. The highest BCUT2D eigenvalue weighted by molar-refractivity contribution is 6.36. The van der Waals surface area contributed by atoms with Gasteiger partial charge >= 0.3 is 5.69 Å². The number of hydrogen-bond acceptors (Lipinski definition) is 7. The van der Waals surface area contributed by atoms with Crippen LogP contribution in [0.2, 0.25) is 10.0 Å². The molecule has 0 atom stereocenters. The topological polar surface area (TPSA) is 124 Å². The summed E-state index contributed by atoms with van der Waals surface area (Å²) in [6.45, 7) is 0.303. The van der Waals surface area contributed by atoms with Gasteiger partial charge in [-0.3, -0.25) is 20.2 Å². The van der Waals surface area contributed by atoms with Gasteiger partial charge in [0, 0.05) is 28.8 Å². The number of nitro groups is 2. The summed E-state index contributed by atoms with van der Waals surface area (Å²) in [5.41, 5.74) is 1.05. The molecule has 1 N–H and O–H groups in total. The molecular weight excluding hydrogens is 421 g/mol. The Bertz CT molecular complexity index is 1080. The van der Waals surface area contributed by atoms with E-state index in [1.165, 1.54) is 12.1 Å². The second-order valence-electron chi connectivity index (χ2n) is 5.84. The molecule has 3 aromatic rings. The highest BCUT2D eigenvalue weighted by atomic mass is 35.5. The first-order valence-electron chi connectivity index (χ1n) is 8.21. The molecule has 0 unspecified atom stereocenters. The SMILES string of the molecule is O=[N+]([O-])c1ccc(NCCc2cc(-c3ccc(Cl)cc3Cl)n[c]c2[N+](=O)[O-])nc1. The molecular formula is C18H12Cl2N5O4. The quantitative estimate of drug-likeness (QED) is 0.422. The fraction of sp³-hybridized carbons (Fsp3) is 0.111. The van der Waals surface area contributed by atoms with Gasteiger partial charge in [-0.2, -0.15) is 0 Å². The van der Waals surface area contributed by atoms with E-state index in [0.29, 0.717) is 39.2 Å². The summed E-state index contributed by atoms with van der Waals surface area (Å²) in [5.74, 6) is 0.414. The molecule has 3 rings (SSSR count). The van der Waals surface area contributed by atoms with Crippen LogP contribution >= 0.6 is 23.2 Å². The van der Waals surface area contributed by atoms with Crippen LogP contribution in [0.25, 0.3) is 11.3 Å². The molecule has 1 radical (unpaired) electrons. The Morgan fingerprint density at radius 3 is 2.48 bits per heavy atom. The minimum Gasteiger partial charge on any atom is -0.370 e. The van der Waals surface area contributed by atoms with E-state index in [4.69, 9.17) is 23.2 Å². The lowest BCUT2D eigenvalue weighted by Gasteiger charge is -2.09. The van der Waals surface area contributed by atoms with E-state index in [1.807, 2.05) is 0 Å². The van der Waals surface area contributed by atoms with Crippen molar-refractivity contribution in [1.82, 2.24) is 9.97 Å². The van der Waals surface area contributed by atoms with Gasteiger partial charge in [-0.1, -0.05) is 23.2 Å². The highest BCUT2D eigenvalue weighted by Crippen LogP contribution is 2.31. The largest absolute Gasteiger partial charge is 0.370 e. The van der Waals surface area contributed by atoms with Gasteiger partial charge in [-0.05, 0) is 36.8 Å². The molecule has 0 fully saturated rings. The summed E-state index contributed by atoms with van der Waals surface area (Å²) < 4.78 is 0. The smallest absolute Gasteiger partial charge is 0.300 e. The first-order valence-corrected chi connectivity index (χ1v) is 8.96. The molecule has 11 heteroatoms. The minimum absolute atomic E-state index is 0.126. The summed E-state index contributed by atoms with van der Waals surface area (Å²) in [7, 11) is 0. The van der Waals surface area contributed by atoms with Crippen molar-refractivity contribution in [2.45, 2.75) is 6.42 Å². The van der Waals surface area contributed by atoms with Gasteiger partial charge in [0.05, 0.1) is 20.6 Å². The predicted octanol–water partition coefficient (Wildman–Crippen LogP) is 4.72. The molecule has 1 aromatic carbocycles.